The van der Waals surface area contributed by atoms with Gasteiger partial charge in [-0.2, -0.15) is 0 Å². The van der Waals surface area contributed by atoms with Gasteiger partial charge >= 0.3 is 6.09 Å². The van der Waals surface area contributed by atoms with Crippen molar-refractivity contribution in [2.45, 2.75) is 44.4 Å². The van der Waals surface area contributed by atoms with Crippen LogP contribution in [0, 0.1) is 5.92 Å². The van der Waals surface area contributed by atoms with Crippen molar-refractivity contribution < 1.29 is 14.6 Å². The van der Waals surface area contributed by atoms with E-state index in [2.05, 4.69) is 0 Å². The summed E-state index contributed by atoms with van der Waals surface area (Å²) < 4.78 is 5.39. The van der Waals surface area contributed by atoms with E-state index in [9.17, 15) is 9.90 Å². The van der Waals surface area contributed by atoms with E-state index in [1.54, 1.807) is 4.90 Å². The average molecular weight is 275 g/mol. The molecule has 3 atom stereocenters. The molecule has 2 aliphatic rings. The Labute approximate surface area is 119 Å². The maximum Gasteiger partial charge on any atom is 0.410 e. The first-order valence-electron chi connectivity index (χ1n) is 7.27. The van der Waals surface area contributed by atoms with Crippen molar-refractivity contribution in [3.05, 3.63) is 35.9 Å². The van der Waals surface area contributed by atoms with Crippen LogP contribution in [-0.4, -0.2) is 34.3 Å². The van der Waals surface area contributed by atoms with Crippen LogP contribution in [-0.2, 0) is 11.3 Å². The quantitative estimate of drug-likeness (QED) is 0.902. The summed E-state index contributed by atoms with van der Waals surface area (Å²) in [5.41, 5.74) is 0.387. The molecule has 0 spiro atoms. The zero-order valence-electron chi connectivity index (χ0n) is 11.8. The van der Waals surface area contributed by atoms with Crippen molar-refractivity contribution in [2.75, 3.05) is 6.54 Å². The second-order valence-electron chi connectivity index (χ2n) is 6.11. The molecule has 20 heavy (non-hydrogen) atoms. The molecule has 0 radical (unpaired) electrons. The van der Waals surface area contributed by atoms with Crippen LogP contribution in [0.25, 0.3) is 0 Å². The molecule has 1 aromatic carbocycles. The predicted octanol–water partition coefficient (Wildman–Crippen LogP) is 2.56. The molecular weight excluding hydrogens is 254 g/mol. The van der Waals surface area contributed by atoms with Gasteiger partial charge in [-0.25, -0.2) is 4.79 Å². The van der Waals surface area contributed by atoms with Gasteiger partial charge in [-0.3, -0.25) is 0 Å². The summed E-state index contributed by atoms with van der Waals surface area (Å²) in [4.78, 5) is 14.0. The van der Waals surface area contributed by atoms with E-state index in [-0.39, 0.29) is 18.1 Å². The molecule has 4 nitrogen and oxygen atoms in total. The highest BCUT2D eigenvalue weighted by molar-refractivity contribution is 5.68. The molecule has 4 heteroatoms. The fourth-order valence-electron chi connectivity index (χ4n) is 3.48. The summed E-state index contributed by atoms with van der Waals surface area (Å²) in [5.74, 6) is 0.209. The normalized spacial score (nSPS) is 32.2. The summed E-state index contributed by atoms with van der Waals surface area (Å²) in [6, 6.07) is 9.85. The molecule has 1 amide bonds. The molecule has 3 rings (SSSR count). The SMILES string of the molecule is C[C@@]1(O)C[C@@H]2[C@H]1CCCN2C(=O)OCc1ccccc1. The molecular formula is C16H21NO3. The first-order valence-corrected chi connectivity index (χ1v) is 7.27. The van der Waals surface area contributed by atoms with Crippen LogP contribution in [0.15, 0.2) is 30.3 Å². The minimum atomic E-state index is -0.608. The monoisotopic (exact) mass is 275 g/mol. The number of benzene rings is 1. The molecule has 0 bridgehead atoms. The molecule has 1 aromatic rings. The van der Waals surface area contributed by atoms with Gasteiger partial charge in [-0.15, -0.1) is 0 Å². The lowest BCUT2D eigenvalue weighted by molar-refractivity contribution is -0.151. The van der Waals surface area contributed by atoms with Crippen LogP contribution in [0.3, 0.4) is 0 Å². The third-order valence-corrected chi connectivity index (χ3v) is 4.64. The Morgan fingerprint density at radius 2 is 2.20 bits per heavy atom. The maximum atomic E-state index is 12.2. The number of carbonyl (C=O) groups excluding carboxylic acids is 1. The molecule has 2 fully saturated rings. The number of piperidine rings is 1. The van der Waals surface area contributed by atoms with E-state index < -0.39 is 5.60 Å². The number of carbonyl (C=O) groups is 1. The zero-order valence-corrected chi connectivity index (χ0v) is 11.8. The highest BCUT2D eigenvalue weighted by atomic mass is 16.6. The van der Waals surface area contributed by atoms with Gasteiger partial charge in [0.1, 0.15) is 6.61 Å². The highest BCUT2D eigenvalue weighted by Gasteiger charge is 2.54. The lowest BCUT2D eigenvalue weighted by Gasteiger charge is -2.56. The number of hydrogen-bond acceptors (Lipinski definition) is 3. The van der Waals surface area contributed by atoms with Gasteiger partial charge < -0.3 is 14.7 Å². The number of fused-ring (bicyclic) bond motifs is 1. The molecule has 1 saturated heterocycles. The van der Waals surface area contributed by atoms with Gasteiger partial charge in [0, 0.05) is 18.5 Å². The Bertz CT molecular complexity index is 486. The number of aliphatic hydroxyl groups is 1. The fraction of sp³-hybridized carbons (Fsp3) is 0.562. The van der Waals surface area contributed by atoms with Crippen LogP contribution in [0.1, 0.15) is 31.7 Å². The lowest BCUT2D eigenvalue weighted by Crippen LogP contribution is -2.65. The summed E-state index contributed by atoms with van der Waals surface area (Å²) in [7, 11) is 0. The molecule has 1 aliphatic heterocycles. The number of likely N-dealkylation sites (tertiary alicyclic amines) is 1. The Kier molecular flexibility index (Phi) is 3.42. The summed E-state index contributed by atoms with van der Waals surface area (Å²) >= 11 is 0. The molecule has 1 N–H and O–H groups in total. The van der Waals surface area contributed by atoms with Crippen LogP contribution < -0.4 is 0 Å². The van der Waals surface area contributed by atoms with E-state index in [0.717, 1.165) is 24.9 Å². The van der Waals surface area contributed by atoms with E-state index in [4.69, 9.17) is 4.74 Å². The standard InChI is InChI=1S/C16H21NO3/c1-16(19)10-14-13(16)8-5-9-17(14)15(18)20-11-12-6-3-2-4-7-12/h2-4,6-7,13-14,19H,5,8-11H2,1H3/t13-,14-,16-/m1/s1. The maximum absolute atomic E-state index is 12.2. The Morgan fingerprint density at radius 3 is 2.90 bits per heavy atom. The summed E-state index contributed by atoms with van der Waals surface area (Å²) in [6.45, 7) is 2.92. The minimum Gasteiger partial charge on any atom is -0.445 e. The molecule has 0 aromatic heterocycles. The minimum absolute atomic E-state index is 0.155. The predicted molar refractivity (Wildman–Crippen MR) is 75.1 cm³/mol. The van der Waals surface area contributed by atoms with E-state index >= 15 is 0 Å². The van der Waals surface area contributed by atoms with Crippen molar-refractivity contribution in [2.24, 2.45) is 5.92 Å². The van der Waals surface area contributed by atoms with Crippen LogP contribution in [0.4, 0.5) is 4.79 Å². The van der Waals surface area contributed by atoms with Crippen molar-refractivity contribution in [3.8, 4) is 0 Å². The van der Waals surface area contributed by atoms with Crippen molar-refractivity contribution >= 4 is 6.09 Å². The van der Waals surface area contributed by atoms with Crippen molar-refractivity contribution in [1.82, 2.24) is 4.90 Å². The van der Waals surface area contributed by atoms with Crippen LogP contribution in [0.5, 0.6) is 0 Å². The van der Waals surface area contributed by atoms with Gasteiger partial charge in [0.05, 0.1) is 5.60 Å². The third kappa shape index (κ3) is 2.40. The number of rotatable bonds is 2. The first-order chi connectivity index (χ1) is 9.58. The number of hydrogen-bond donors (Lipinski definition) is 1. The molecule has 0 unspecified atom stereocenters. The van der Waals surface area contributed by atoms with E-state index in [1.165, 1.54) is 0 Å². The van der Waals surface area contributed by atoms with E-state index in [1.807, 2.05) is 37.3 Å². The van der Waals surface area contributed by atoms with Crippen LogP contribution >= 0.6 is 0 Å². The number of nitrogens with zero attached hydrogens (tertiary/aromatic N) is 1. The second-order valence-corrected chi connectivity index (χ2v) is 6.11. The highest BCUT2D eigenvalue weighted by Crippen LogP contribution is 2.47. The third-order valence-electron chi connectivity index (χ3n) is 4.64. The molecule has 1 aliphatic carbocycles. The van der Waals surface area contributed by atoms with E-state index in [0.29, 0.717) is 13.0 Å². The van der Waals surface area contributed by atoms with Crippen LogP contribution in [0.2, 0.25) is 0 Å². The molecule has 1 saturated carbocycles. The smallest absolute Gasteiger partial charge is 0.410 e. The zero-order chi connectivity index (χ0) is 14.2. The fourth-order valence-corrected chi connectivity index (χ4v) is 3.48. The lowest BCUT2D eigenvalue weighted by atomic mass is 9.62. The topological polar surface area (TPSA) is 49.8 Å². The van der Waals surface area contributed by atoms with Gasteiger partial charge in [0.2, 0.25) is 0 Å². The second kappa shape index (κ2) is 5.09. The van der Waals surface area contributed by atoms with Gasteiger partial charge in [0.25, 0.3) is 0 Å². The van der Waals surface area contributed by atoms with Crippen molar-refractivity contribution in [3.63, 3.8) is 0 Å². The molecule has 108 valence electrons. The van der Waals surface area contributed by atoms with Gasteiger partial charge in [-0.05, 0) is 31.7 Å². The Hall–Kier alpha value is -1.55. The molecule has 1 heterocycles. The van der Waals surface area contributed by atoms with Crippen molar-refractivity contribution in [1.29, 1.82) is 0 Å². The average Bonchev–Trinajstić information content (AvgIpc) is 2.45. The number of ether oxygens (including phenoxy) is 1. The Morgan fingerprint density at radius 1 is 1.45 bits per heavy atom. The summed E-state index contributed by atoms with van der Waals surface area (Å²) in [5, 5.41) is 10.1. The van der Waals surface area contributed by atoms with Gasteiger partial charge in [0.15, 0.2) is 0 Å². The van der Waals surface area contributed by atoms with Gasteiger partial charge in [-0.1, -0.05) is 30.3 Å². The number of amides is 1. The Balaban J connectivity index is 1.58. The summed E-state index contributed by atoms with van der Waals surface area (Å²) in [6.07, 6.45) is 2.36. The first kappa shape index (κ1) is 13.4. The largest absolute Gasteiger partial charge is 0.445 e.